The number of rotatable bonds is 3. The van der Waals surface area contributed by atoms with Gasteiger partial charge in [0.25, 0.3) is 10.1 Å². The summed E-state index contributed by atoms with van der Waals surface area (Å²) in [6.07, 6.45) is 1.02. The fraction of sp³-hybridized carbons (Fsp3) is 0.333. The van der Waals surface area contributed by atoms with E-state index in [-0.39, 0.29) is 6.61 Å². The fourth-order valence-electron chi connectivity index (χ4n) is 0.595. The first kappa shape index (κ1) is 9.98. The molecule has 0 amide bonds. The van der Waals surface area contributed by atoms with Crippen molar-refractivity contribution in [3.05, 3.63) is 21.3 Å². The van der Waals surface area contributed by atoms with Crippen molar-refractivity contribution in [3.8, 4) is 0 Å². The van der Waals surface area contributed by atoms with Crippen LogP contribution in [0.3, 0.4) is 0 Å². The fourth-order valence-corrected chi connectivity index (χ4v) is 1.99. The van der Waals surface area contributed by atoms with Crippen LogP contribution < -0.4 is 0 Å². The summed E-state index contributed by atoms with van der Waals surface area (Å²) in [6.45, 7) is 0.0657. The highest BCUT2D eigenvalue weighted by atomic mass is 35.5. The Morgan fingerprint density at radius 3 is 2.75 bits per heavy atom. The van der Waals surface area contributed by atoms with Crippen molar-refractivity contribution in [3.63, 3.8) is 0 Å². The van der Waals surface area contributed by atoms with E-state index in [4.69, 9.17) is 11.6 Å². The first-order chi connectivity index (χ1) is 5.47. The van der Waals surface area contributed by atoms with Crippen LogP contribution >= 0.6 is 22.9 Å². The Hall–Kier alpha value is -0.100. The van der Waals surface area contributed by atoms with E-state index < -0.39 is 10.1 Å². The molecule has 0 radical (unpaired) electrons. The molecule has 0 N–H and O–H groups in total. The van der Waals surface area contributed by atoms with E-state index in [0.717, 1.165) is 11.1 Å². The van der Waals surface area contributed by atoms with Gasteiger partial charge in [0.05, 0.1) is 11.3 Å². The average Bonchev–Trinajstić information content (AvgIpc) is 2.30. The van der Waals surface area contributed by atoms with Gasteiger partial charge in [-0.05, 0) is 6.07 Å². The largest absolute Gasteiger partial charge is 0.265 e. The van der Waals surface area contributed by atoms with Gasteiger partial charge >= 0.3 is 0 Å². The van der Waals surface area contributed by atoms with Crippen molar-refractivity contribution in [1.82, 2.24) is 0 Å². The van der Waals surface area contributed by atoms with Crippen LogP contribution in [-0.4, -0.2) is 14.7 Å². The molecular weight excluding hydrogens is 220 g/mol. The van der Waals surface area contributed by atoms with E-state index in [1.165, 1.54) is 11.3 Å². The van der Waals surface area contributed by atoms with Crippen LogP contribution in [0.15, 0.2) is 11.4 Å². The van der Waals surface area contributed by atoms with Crippen molar-refractivity contribution >= 4 is 33.1 Å². The van der Waals surface area contributed by atoms with Gasteiger partial charge in [0.2, 0.25) is 0 Å². The standard InChI is InChI=1S/C6H7ClO3S2/c1-12(8,9)10-3-6-2-5(7)4-11-6/h2,4H,3H2,1H3. The molecule has 0 aliphatic carbocycles. The van der Waals surface area contributed by atoms with Crippen LogP contribution in [-0.2, 0) is 20.9 Å². The summed E-state index contributed by atoms with van der Waals surface area (Å²) in [6, 6.07) is 1.68. The topological polar surface area (TPSA) is 43.4 Å². The molecule has 1 aromatic rings. The highest BCUT2D eigenvalue weighted by Gasteiger charge is 2.03. The van der Waals surface area contributed by atoms with Crippen molar-refractivity contribution in [2.24, 2.45) is 0 Å². The summed E-state index contributed by atoms with van der Waals surface area (Å²) >= 11 is 6.98. The predicted molar refractivity (Wildman–Crippen MR) is 49.0 cm³/mol. The molecule has 0 atom stereocenters. The number of thiophene rings is 1. The summed E-state index contributed by atoms with van der Waals surface area (Å²) < 4.78 is 25.7. The average molecular weight is 227 g/mol. The Morgan fingerprint density at radius 1 is 1.67 bits per heavy atom. The minimum absolute atomic E-state index is 0.0657. The van der Waals surface area contributed by atoms with Crippen LogP contribution in [0.25, 0.3) is 0 Å². The molecule has 0 saturated carbocycles. The smallest absolute Gasteiger partial charge is 0.264 e. The minimum atomic E-state index is -3.35. The lowest BCUT2D eigenvalue weighted by Crippen LogP contribution is -2.01. The van der Waals surface area contributed by atoms with E-state index in [1.54, 1.807) is 11.4 Å². The van der Waals surface area contributed by atoms with Gasteiger partial charge in [-0.15, -0.1) is 11.3 Å². The van der Waals surface area contributed by atoms with Crippen LogP contribution in [0.2, 0.25) is 5.02 Å². The molecule has 0 spiro atoms. The number of halogens is 1. The Bertz CT molecular complexity index is 355. The molecule has 3 nitrogen and oxygen atoms in total. The SMILES string of the molecule is CS(=O)(=O)OCc1cc(Cl)cs1. The second-order valence-corrected chi connectivity index (χ2v) is 5.27. The summed E-state index contributed by atoms with van der Waals surface area (Å²) in [5, 5.41) is 2.33. The van der Waals surface area contributed by atoms with Crippen LogP contribution in [0, 0.1) is 0 Å². The zero-order valence-electron chi connectivity index (χ0n) is 6.28. The minimum Gasteiger partial charge on any atom is -0.265 e. The first-order valence-electron chi connectivity index (χ1n) is 3.05. The molecule has 0 fully saturated rings. The summed E-state index contributed by atoms with van der Waals surface area (Å²) in [4.78, 5) is 0.797. The zero-order chi connectivity index (χ0) is 9.19. The van der Waals surface area contributed by atoms with E-state index >= 15 is 0 Å². The van der Waals surface area contributed by atoms with E-state index in [1.807, 2.05) is 0 Å². The molecule has 0 aromatic carbocycles. The van der Waals surface area contributed by atoms with Crippen LogP contribution in [0.5, 0.6) is 0 Å². The number of hydrogen-bond acceptors (Lipinski definition) is 4. The van der Waals surface area contributed by atoms with Crippen LogP contribution in [0.1, 0.15) is 4.88 Å². The molecule has 1 heterocycles. The lowest BCUT2D eigenvalue weighted by molar-refractivity contribution is 0.315. The molecule has 68 valence electrons. The first-order valence-corrected chi connectivity index (χ1v) is 6.12. The third kappa shape index (κ3) is 3.53. The van der Waals surface area contributed by atoms with Gasteiger partial charge in [-0.3, -0.25) is 4.18 Å². The summed E-state index contributed by atoms with van der Waals surface area (Å²) in [5.74, 6) is 0. The second-order valence-electron chi connectivity index (χ2n) is 2.20. The maximum Gasteiger partial charge on any atom is 0.264 e. The third-order valence-electron chi connectivity index (χ3n) is 1.04. The predicted octanol–water partition coefficient (Wildman–Crippen LogP) is 1.88. The molecule has 0 aliphatic rings. The van der Waals surface area contributed by atoms with Crippen molar-refractivity contribution in [2.45, 2.75) is 6.61 Å². The Balaban J connectivity index is 2.55. The Kier molecular flexibility index (Phi) is 3.11. The van der Waals surface area contributed by atoms with Crippen molar-refractivity contribution < 1.29 is 12.6 Å². The van der Waals surface area contributed by atoms with Gasteiger partial charge in [0.15, 0.2) is 0 Å². The van der Waals surface area contributed by atoms with E-state index in [0.29, 0.717) is 5.02 Å². The van der Waals surface area contributed by atoms with Gasteiger partial charge in [0, 0.05) is 10.3 Å². The van der Waals surface area contributed by atoms with Gasteiger partial charge in [-0.2, -0.15) is 8.42 Å². The Labute approximate surface area is 80.1 Å². The van der Waals surface area contributed by atoms with E-state index in [2.05, 4.69) is 4.18 Å². The highest BCUT2D eigenvalue weighted by molar-refractivity contribution is 7.85. The molecule has 1 aromatic heterocycles. The van der Waals surface area contributed by atoms with Crippen LogP contribution in [0.4, 0.5) is 0 Å². The lowest BCUT2D eigenvalue weighted by Gasteiger charge is -1.96. The molecule has 12 heavy (non-hydrogen) atoms. The molecule has 0 bridgehead atoms. The summed E-state index contributed by atoms with van der Waals surface area (Å²) in [7, 11) is -3.35. The lowest BCUT2D eigenvalue weighted by atomic mass is 10.5. The monoisotopic (exact) mass is 226 g/mol. The third-order valence-corrected chi connectivity index (χ3v) is 2.84. The quantitative estimate of drug-likeness (QED) is 0.740. The van der Waals surface area contributed by atoms with Gasteiger partial charge < -0.3 is 0 Å². The van der Waals surface area contributed by atoms with Crippen molar-refractivity contribution in [1.29, 1.82) is 0 Å². The second kappa shape index (κ2) is 3.74. The molecule has 0 saturated heterocycles. The van der Waals surface area contributed by atoms with Crippen molar-refractivity contribution in [2.75, 3.05) is 6.26 Å². The number of hydrogen-bond donors (Lipinski definition) is 0. The molecular formula is C6H7ClO3S2. The highest BCUT2D eigenvalue weighted by Crippen LogP contribution is 2.19. The molecule has 0 unspecified atom stereocenters. The molecule has 1 rings (SSSR count). The molecule has 0 aliphatic heterocycles. The van der Waals surface area contributed by atoms with E-state index in [9.17, 15) is 8.42 Å². The van der Waals surface area contributed by atoms with Gasteiger partial charge in [-0.1, -0.05) is 11.6 Å². The Morgan fingerprint density at radius 2 is 2.33 bits per heavy atom. The zero-order valence-corrected chi connectivity index (χ0v) is 8.67. The van der Waals surface area contributed by atoms with Gasteiger partial charge in [-0.25, -0.2) is 0 Å². The maximum absolute atomic E-state index is 10.6. The summed E-state index contributed by atoms with van der Waals surface area (Å²) in [5.41, 5.74) is 0. The maximum atomic E-state index is 10.6. The van der Waals surface area contributed by atoms with Gasteiger partial charge in [0.1, 0.15) is 6.61 Å². The normalized spacial score (nSPS) is 11.8. The molecule has 6 heteroatoms.